The van der Waals surface area contributed by atoms with Crippen LogP contribution in [0.2, 0.25) is 0 Å². The maximum atomic E-state index is 12.3. The van der Waals surface area contributed by atoms with Gasteiger partial charge < -0.3 is 15.2 Å². The summed E-state index contributed by atoms with van der Waals surface area (Å²) in [6, 6.07) is 5.97. The molecule has 4 heterocycles. The first-order valence-electron chi connectivity index (χ1n) is 9.71. The molecule has 2 atom stereocenters. The molecule has 1 aliphatic heterocycles. The molecule has 0 aliphatic carbocycles. The van der Waals surface area contributed by atoms with Gasteiger partial charge in [0, 0.05) is 48.2 Å². The van der Waals surface area contributed by atoms with E-state index in [1.165, 1.54) is 0 Å². The van der Waals surface area contributed by atoms with Crippen LogP contribution in [0.5, 0.6) is 0 Å². The van der Waals surface area contributed by atoms with E-state index >= 15 is 0 Å². The number of amides is 1. The number of aromatic nitrogens is 4. The summed E-state index contributed by atoms with van der Waals surface area (Å²) < 4.78 is 0. The van der Waals surface area contributed by atoms with E-state index in [2.05, 4.69) is 32.2 Å². The van der Waals surface area contributed by atoms with Crippen LogP contribution in [0, 0.1) is 24.2 Å². The van der Waals surface area contributed by atoms with Crippen LogP contribution in [0.25, 0.3) is 22.3 Å². The fourth-order valence-corrected chi connectivity index (χ4v) is 4.00. The molecular formula is C21H23N7O. The summed E-state index contributed by atoms with van der Waals surface area (Å²) in [5.41, 5.74) is 4.33. The fraction of sp³-hybridized carbons (Fsp3) is 0.381. The number of nitriles is 1. The van der Waals surface area contributed by atoms with Gasteiger partial charge in [-0.25, -0.2) is 15.0 Å². The van der Waals surface area contributed by atoms with Crippen molar-refractivity contribution >= 4 is 22.6 Å². The molecule has 1 saturated heterocycles. The van der Waals surface area contributed by atoms with Gasteiger partial charge >= 0.3 is 0 Å². The molecular weight excluding hydrogens is 366 g/mol. The van der Waals surface area contributed by atoms with Crippen LogP contribution in [0.3, 0.4) is 0 Å². The van der Waals surface area contributed by atoms with Crippen LogP contribution in [-0.4, -0.2) is 49.9 Å². The minimum atomic E-state index is -0.112. The summed E-state index contributed by atoms with van der Waals surface area (Å²) in [6.45, 7) is 5.32. The van der Waals surface area contributed by atoms with Gasteiger partial charge in [-0.2, -0.15) is 5.26 Å². The first kappa shape index (κ1) is 18.9. The maximum Gasteiger partial charge on any atom is 0.236 e. The zero-order valence-electron chi connectivity index (χ0n) is 16.5. The highest BCUT2D eigenvalue weighted by molar-refractivity contribution is 5.97. The molecule has 1 amide bonds. The standard InChI is InChI=1S/C21H23N7O/c1-13-7-15(11-28(10-13)19(29)3-5-22)27-20-16-4-6-23-21(16)24-9-17(20)18-8-14(2)25-12-26-18/h4,6,8-9,12-13,15H,3,7,10-11H2,1-2H3,(H2,23,24,27)/t13-,15+/m0/s1. The summed E-state index contributed by atoms with van der Waals surface area (Å²) in [6.07, 6.45) is 6.09. The average molecular weight is 389 g/mol. The number of hydrogen-bond acceptors (Lipinski definition) is 6. The van der Waals surface area contributed by atoms with Gasteiger partial charge in [0.15, 0.2) is 0 Å². The van der Waals surface area contributed by atoms with Gasteiger partial charge in [0.25, 0.3) is 0 Å². The molecule has 0 unspecified atom stereocenters. The molecule has 148 valence electrons. The predicted octanol–water partition coefficient (Wildman–Crippen LogP) is 2.89. The molecule has 0 radical (unpaired) electrons. The molecule has 8 nitrogen and oxygen atoms in total. The Labute approximate surface area is 169 Å². The summed E-state index contributed by atoms with van der Waals surface area (Å²) in [7, 11) is 0. The number of piperidine rings is 1. The second-order valence-electron chi connectivity index (χ2n) is 7.65. The van der Waals surface area contributed by atoms with Crippen molar-refractivity contribution < 1.29 is 4.79 Å². The molecule has 0 bridgehead atoms. The number of fused-ring (bicyclic) bond motifs is 1. The first-order valence-corrected chi connectivity index (χ1v) is 9.71. The lowest BCUT2D eigenvalue weighted by molar-refractivity contribution is -0.132. The van der Waals surface area contributed by atoms with E-state index in [4.69, 9.17) is 5.26 Å². The van der Waals surface area contributed by atoms with Crippen LogP contribution < -0.4 is 5.32 Å². The second-order valence-corrected chi connectivity index (χ2v) is 7.65. The molecule has 2 N–H and O–H groups in total. The monoisotopic (exact) mass is 389 g/mol. The molecule has 8 heteroatoms. The predicted molar refractivity (Wildman–Crippen MR) is 110 cm³/mol. The summed E-state index contributed by atoms with van der Waals surface area (Å²) >= 11 is 0. The van der Waals surface area contributed by atoms with Crippen LogP contribution in [0.15, 0.2) is 30.9 Å². The lowest BCUT2D eigenvalue weighted by Gasteiger charge is -2.37. The van der Waals surface area contributed by atoms with E-state index in [1.807, 2.05) is 37.5 Å². The summed E-state index contributed by atoms with van der Waals surface area (Å²) in [4.78, 5) is 30.4. The average Bonchev–Trinajstić information content (AvgIpc) is 3.17. The smallest absolute Gasteiger partial charge is 0.236 e. The number of H-pyrrole nitrogens is 1. The third-order valence-corrected chi connectivity index (χ3v) is 5.26. The topological polar surface area (TPSA) is 111 Å². The molecule has 3 aromatic rings. The van der Waals surface area contributed by atoms with Gasteiger partial charge in [-0.15, -0.1) is 0 Å². The largest absolute Gasteiger partial charge is 0.379 e. The number of carbonyl (C=O) groups excluding carboxylic acids is 1. The Hall–Kier alpha value is -3.47. The molecule has 3 aromatic heterocycles. The van der Waals surface area contributed by atoms with Crippen molar-refractivity contribution in [1.82, 2.24) is 24.8 Å². The summed E-state index contributed by atoms with van der Waals surface area (Å²) in [5.74, 6) is 0.233. The Kier molecular flexibility index (Phi) is 5.12. The van der Waals surface area contributed by atoms with Crippen molar-refractivity contribution in [3.63, 3.8) is 0 Å². The zero-order valence-corrected chi connectivity index (χ0v) is 16.5. The summed E-state index contributed by atoms with van der Waals surface area (Å²) in [5, 5.41) is 13.5. The van der Waals surface area contributed by atoms with E-state index in [1.54, 1.807) is 11.2 Å². The van der Waals surface area contributed by atoms with Crippen molar-refractivity contribution in [3.8, 4) is 17.3 Å². The molecule has 0 aromatic carbocycles. The van der Waals surface area contributed by atoms with Crippen molar-refractivity contribution in [2.45, 2.75) is 32.7 Å². The Balaban J connectivity index is 1.70. The highest BCUT2D eigenvalue weighted by Gasteiger charge is 2.28. The number of nitrogens with zero attached hydrogens (tertiary/aromatic N) is 5. The quantitative estimate of drug-likeness (QED) is 0.710. The van der Waals surface area contributed by atoms with Gasteiger partial charge in [0.05, 0.1) is 17.5 Å². The Morgan fingerprint density at radius 1 is 1.38 bits per heavy atom. The van der Waals surface area contributed by atoms with E-state index in [9.17, 15) is 4.79 Å². The maximum absolute atomic E-state index is 12.3. The minimum absolute atomic E-state index is 0.0728. The van der Waals surface area contributed by atoms with Crippen LogP contribution in [0.1, 0.15) is 25.5 Å². The molecule has 1 fully saturated rings. The van der Waals surface area contributed by atoms with Crippen LogP contribution in [0.4, 0.5) is 5.69 Å². The third kappa shape index (κ3) is 3.90. The molecule has 1 aliphatic rings. The molecule has 0 spiro atoms. The van der Waals surface area contributed by atoms with Crippen LogP contribution in [-0.2, 0) is 4.79 Å². The Morgan fingerprint density at radius 2 is 2.24 bits per heavy atom. The lowest BCUT2D eigenvalue weighted by atomic mass is 9.95. The minimum Gasteiger partial charge on any atom is -0.379 e. The highest BCUT2D eigenvalue weighted by atomic mass is 16.2. The van der Waals surface area contributed by atoms with Gasteiger partial charge in [-0.1, -0.05) is 6.92 Å². The SMILES string of the molecule is Cc1cc(-c2cnc3[nH]ccc3c2N[C@@H]2C[C@H](C)CN(C(=O)CC#N)C2)ncn1. The molecule has 0 saturated carbocycles. The molecule has 29 heavy (non-hydrogen) atoms. The lowest BCUT2D eigenvalue weighted by Crippen LogP contribution is -2.48. The van der Waals surface area contributed by atoms with Crippen molar-refractivity contribution in [3.05, 3.63) is 36.5 Å². The van der Waals surface area contributed by atoms with Gasteiger partial charge in [-0.3, -0.25) is 4.79 Å². The van der Waals surface area contributed by atoms with Crippen molar-refractivity contribution in [2.24, 2.45) is 5.92 Å². The Bertz CT molecular complexity index is 1080. The number of pyridine rings is 1. The number of rotatable bonds is 4. The van der Waals surface area contributed by atoms with Crippen molar-refractivity contribution in [2.75, 3.05) is 18.4 Å². The number of anilines is 1. The second kappa shape index (κ2) is 7.87. The first-order chi connectivity index (χ1) is 14.0. The van der Waals surface area contributed by atoms with Gasteiger partial charge in [0.1, 0.15) is 18.4 Å². The number of aryl methyl sites for hydroxylation is 1. The number of aromatic amines is 1. The van der Waals surface area contributed by atoms with E-state index in [0.717, 1.165) is 40.1 Å². The normalized spacial score (nSPS) is 19.1. The third-order valence-electron chi connectivity index (χ3n) is 5.26. The number of carbonyl (C=O) groups is 1. The van der Waals surface area contributed by atoms with E-state index in [-0.39, 0.29) is 18.4 Å². The zero-order chi connectivity index (χ0) is 20.4. The number of hydrogen-bond donors (Lipinski definition) is 2. The number of nitrogens with one attached hydrogen (secondary N) is 2. The van der Waals surface area contributed by atoms with E-state index in [0.29, 0.717) is 19.0 Å². The fourth-order valence-electron chi connectivity index (χ4n) is 4.00. The van der Waals surface area contributed by atoms with E-state index < -0.39 is 0 Å². The highest BCUT2D eigenvalue weighted by Crippen LogP contribution is 2.34. The van der Waals surface area contributed by atoms with Gasteiger partial charge in [-0.05, 0) is 31.4 Å². The number of likely N-dealkylation sites (tertiary alicyclic amines) is 1. The molecule has 4 rings (SSSR count). The van der Waals surface area contributed by atoms with Crippen LogP contribution >= 0.6 is 0 Å². The van der Waals surface area contributed by atoms with Crippen molar-refractivity contribution in [1.29, 1.82) is 5.26 Å². The van der Waals surface area contributed by atoms with Gasteiger partial charge in [0.2, 0.25) is 5.91 Å². The Morgan fingerprint density at radius 3 is 3.03 bits per heavy atom.